The van der Waals surface area contributed by atoms with Gasteiger partial charge in [-0.2, -0.15) is 0 Å². The third-order valence-corrected chi connectivity index (χ3v) is 15.5. The van der Waals surface area contributed by atoms with Gasteiger partial charge >= 0.3 is 0 Å². The van der Waals surface area contributed by atoms with Crippen molar-refractivity contribution in [2.45, 2.75) is 53.1 Å². The Balaban J connectivity index is 1.54. The van der Waals surface area contributed by atoms with Crippen molar-refractivity contribution in [3.05, 3.63) is 91.0 Å². The highest BCUT2D eigenvalue weighted by molar-refractivity contribution is 7.95. The molecule has 1 unspecified atom stereocenters. The normalized spacial score (nSPS) is 16.8. The molecular weight excluding hydrogens is 546 g/mol. The maximum absolute atomic E-state index is 14.2. The van der Waals surface area contributed by atoms with Gasteiger partial charge in [-0.15, -0.1) is 0 Å². The number of carbonyl (C=O) groups excluding carboxylic acids is 1. The second-order valence-electron chi connectivity index (χ2n) is 13.1. The van der Waals surface area contributed by atoms with Crippen LogP contribution >= 0.6 is 14.8 Å². The maximum atomic E-state index is 14.2. The van der Waals surface area contributed by atoms with Crippen molar-refractivity contribution >= 4 is 36.6 Å². The number of rotatable bonds is 9. The number of nitrogens with zero attached hydrogens (tertiary/aromatic N) is 2. The van der Waals surface area contributed by atoms with Gasteiger partial charge in [0.25, 0.3) is 7.52 Å². The van der Waals surface area contributed by atoms with Gasteiger partial charge in [-0.1, -0.05) is 75.4 Å². The van der Waals surface area contributed by atoms with Gasteiger partial charge in [0.15, 0.2) is 0 Å². The minimum atomic E-state index is -3.09. The monoisotopic (exact) mass is 593 g/mol. The van der Waals surface area contributed by atoms with Crippen LogP contribution in [0.1, 0.15) is 48.0 Å². The zero-order valence-electron chi connectivity index (χ0n) is 25.6. The van der Waals surface area contributed by atoms with Crippen LogP contribution in [0.2, 0.25) is 0 Å². The second-order valence-corrected chi connectivity index (χ2v) is 20.0. The standard InChI is InChI=1S/C34H47N2O3P2/c1-33(2,3)28-39-41(38,34(4,5)6)36-25-23-35(24-26-36)32(37)22-27-40(29-16-10-7-11-17-29,30-18-12-8-13-19-30)31-20-14-9-15-21-31/h7-21H,22-28H2,1-6H3/q+1. The molecule has 0 aromatic heterocycles. The molecule has 220 valence electrons. The Labute approximate surface area is 248 Å². The van der Waals surface area contributed by atoms with Gasteiger partial charge in [0.2, 0.25) is 5.91 Å². The van der Waals surface area contributed by atoms with E-state index in [2.05, 4.69) is 112 Å². The number of amides is 1. The van der Waals surface area contributed by atoms with Crippen molar-refractivity contribution in [1.82, 2.24) is 9.57 Å². The molecule has 7 heteroatoms. The predicted molar refractivity (Wildman–Crippen MR) is 176 cm³/mol. The fourth-order valence-electron chi connectivity index (χ4n) is 5.49. The first kappa shape index (κ1) is 31.6. The minimum absolute atomic E-state index is 0.0788. The number of piperazine rings is 1. The van der Waals surface area contributed by atoms with Gasteiger partial charge < -0.3 is 9.42 Å². The van der Waals surface area contributed by atoms with Crippen LogP contribution in [0.5, 0.6) is 0 Å². The highest BCUT2D eigenvalue weighted by Gasteiger charge is 2.47. The van der Waals surface area contributed by atoms with Crippen LogP contribution in [-0.2, 0) is 13.9 Å². The Kier molecular flexibility index (Phi) is 9.97. The average molecular weight is 594 g/mol. The molecule has 1 aliphatic heterocycles. The molecule has 0 bridgehead atoms. The fourth-order valence-corrected chi connectivity index (χ4v) is 12.4. The van der Waals surface area contributed by atoms with Gasteiger partial charge in [0.1, 0.15) is 23.2 Å². The number of hydrogen-bond donors (Lipinski definition) is 0. The molecular formula is C34H47N2O3P2+. The molecule has 41 heavy (non-hydrogen) atoms. The lowest BCUT2D eigenvalue weighted by atomic mass is 9.99. The summed E-state index contributed by atoms with van der Waals surface area (Å²) < 4.78 is 22.5. The highest BCUT2D eigenvalue weighted by Crippen LogP contribution is 2.62. The third-order valence-electron chi connectivity index (χ3n) is 7.75. The molecule has 1 aliphatic rings. The summed E-state index contributed by atoms with van der Waals surface area (Å²) in [4.78, 5) is 15.7. The van der Waals surface area contributed by atoms with E-state index in [9.17, 15) is 9.36 Å². The lowest BCUT2D eigenvalue weighted by Crippen LogP contribution is -2.49. The second kappa shape index (κ2) is 12.9. The summed E-state index contributed by atoms with van der Waals surface area (Å²) in [7, 11) is -5.16. The Morgan fingerprint density at radius 3 is 1.51 bits per heavy atom. The first-order valence-electron chi connectivity index (χ1n) is 14.7. The Morgan fingerprint density at radius 1 is 0.732 bits per heavy atom. The molecule has 1 atom stereocenters. The molecule has 0 aliphatic carbocycles. The predicted octanol–water partition coefficient (Wildman–Crippen LogP) is 6.57. The van der Waals surface area contributed by atoms with Gasteiger partial charge in [-0.25, -0.2) is 4.67 Å². The van der Waals surface area contributed by atoms with E-state index in [-0.39, 0.29) is 11.3 Å². The summed E-state index contributed by atoms with van der Waals surface area (Å²) in [5, 5.41) is 3.36. The van der Waals surface area contributed by atoms with E-state index in [1.54, 1.807) is 0 Å². The van der Waals surface area contributed by atoms with Gasteiger partial charge in [0.05, 0.1) is 24.3 Å². The van der Waals surface area contributed by atoms with E-state index in [1.165, 1.54) is 15.9 Å². The molecule has 3 aromatic carbocycles. The molecule has 3 aromatic rings. The summed E-state index contributed by atoms with van der Waals surface area (Å²) in [6.45, 7) is 14.9. The van der Waals surface area contributed by atoms with Crippen molar-refractivity contribution in [3.63, 3.8) is 0 Å². The van der Waals surface area contributed by atoms with Gasteiger partial charge in [-0.3, -0.25) is 9.36 Å². The quantitative estimate of drug-likeness (QED) is 0.264. The Bertz CT molecular complexity index is 1210. The molecule has 0 radical (unpaired) electrons. The molecule has 0 N–H and O–H groups in total. The highest BCUT2D eigenvalue weighted by atomic mass is 31.2. The Hall–Kier alpha value is -2.29. The first-order chi connectivity index (χ1) is 19.4. The lowest BCUT2D eigenvalue weighted by Gasteiger charge is -2.44. The van der Waals surface area contributed by atoms with Crippen LogP contribution in [0.25, 0.3) is 0 Å². The number of carbonyl (C=O) groups is 1. The molecule has 1 fully saturated rings. The minimum Gasteiger partial charge on any atom is -0.340 e. The number of hydrogen-bond acceptors (Lipinski definition) is 3. The van der Waals surface area contributed by atoms with Crippen LogP contribution in [0.4, 0.5) is 0 Å². The van der Waals surface area contributed by atoms with Crippen LogP contribution in [0.15, 0.2) is 91.0 Å². The smallest absolute Gasteiger partial charge is 0.277 e. The SMILES string of the molecule is CC(C)(C)COP(=O)(N1CCN(C(=O)CC[P+](c2ccccc2)(c2ccccc2)c2ccccc2)CC1)C(C)(C)C. The van der Waals surface area contributed by atoms with E-state index in [4.69, 9.17) is 4.52 Å². The molecule has 1 heterocycles. The van der Waals surface area contributed by atoms with Crippen molar-refractivity contribution in [2.24, 2.45) is 5.41 Å². The fraction of sp³-hybridized carbons (Fsp3) is 0.441. The molecule has 1 saturated heterocycles. The average Bonchev–Trinajstić information content (AvgIpc) is 2.97. The molecule has 0 spiro atoms. The van der Waals surface area contributed by atoms with Crippen molar-refractivity contribution in [3.8, 4) is 0 Å². The summed E-state index contributed by atoms with van der Waals surface area (Å²) >= 11 is 0. The van der Waals surface area contributed by atoms with E-state index in [1.807, 2.05) is 30.3 Å². The van der Waals surface area contributed by atoms with Crippen molar-refractivity contribution < 1.29 is 13.9 Å². The summed E-state index contributed by atoms with van der Waals surface area (Å²) in [6, 6.07) is 32.1. The zero-order valence-corrected chi connectivity index (χ0v) is 27.4. The van der Waals surface area contributed by atoms with Gasteiger partial charge in [0, 0.05) is 26.2 Å². The van der Waals surface area contributed by atoms with Crippen molar-refractivity contribution in [1.29, 1.82) is 0 Å². The van der Waals surface area contributed by atoms with E-state index in [0.29, 0.717) is 39.2 Å². The van der Waals surface area contributed by atoms with E-state index in [0.717, 1.165) is 6.16 Å². The molecule has 5 nitrogen and oxygen atoms in total. The third kappa shape index (κ3) is 7.20. The topological polar surface area (TPSA) is 49.9 Å². The Morgan fingerprint density at radius 2 is 1.15 bits per heavy atom. The van der Waals surface area contributed by atoms with Crippen LogP contribution in [-0.4, -0.2) is 59.6 Å². The number of benzene rings is 3. The first-order valence-corrected chi connectivity index (χ1v) is 18.2. The van der Waals surface area contributed by atoms with E-state index >= 15 is 0 Å². The maximum Gasteiger partial charge on any atom is 0.277 e. The molecule has 4 rings (SSSR count). The summed E-state index contributed by atoms with van der Waals surface area (Å²) in [5.41, 5.74) is -0.0788. The summed E-state index contributed by atoms with van der Waals surface area (Å²) in [6.07, 6.45) is 1.23. The van der Waals surface area contributed by atoms with Crippen LogP contribution in [0, 0.1) is 5.41 Å². The van der Waals surface area contributed by atoms with Crippen LogP contribution < -0.4 is 15.9 Å². The molecule has 1 amide bonds. The van der Waals surface area contributed by atoms with Crippen LogP contribution in [0.3, 0.4) is 0 Å². The van der Waals surface area contributed by atoms with E-state index < -0.39 is 19.9 Å². The molecule has 0 saturated carbocycles. The zero-order chi connectivity index (χ0) is 29.7. The lowest BCUT2D eigenvalue weighted by molar-refractivity contribution is -0.132. The van der Waals surface area contributed by atoms with Gasteiger partial charge in [-0.05, 0) is 62.6 Å². The van der Waals surface area contributed by atoms with Crippen molar-refractivity contribution in [2.75, 3.05) is 38.9 Å². The largest absolute Gasteiger partial charge is 0.340 e. The summed E-state index contributed by atoms with van der Waals surface area (Å²) in [5.74, 6) is 0.165.